The average Bonchev–Trinajstić information content (AvgIpc) is 2.75. The molecule has 0 amide bonds. The molecule has 1 aliphatic rings. The Morgan fingerprint density at radius 1 is 0.929 bits per heavy atom. The lowest BCUT2D eigenvalue weighted by atomic mass is 10.0. The highest BCUT2D eigenvalue weighted by Gasteiger charge is 2.14. The number of ether oxygens (including phenoxy) is 1. The molecule has 0 unspecified atom stereocenters. The summed E-state index contributed by atoms with van der Waals surface area (Å²) < 4.78 is 20.2. The number of morpholine rings is 1. The predicted molar refractivity (Wildman–Crippen MR) is 107 cm³/mol. The summed E-state index contributed by atoms with van der Waals surface area (Å²) in [5.41, 5.74) is 2.75. The van der Waals surface area contributed by atoms with Gasteiger partial charge in [0.15, 0.2) is 0 Å². The van der Waals surface area contributed by atoms with Crippen LogP contribution in [0.5, 0.6) is 0 Å². The minimum atomic E-state index is -0.298. The maximum Gasteiger partial charge on any atom is 0.274 e. The fraction of sp³-hybridized carbons (Fsp3) is 0.273. The monoisotopic (exact) mass is 379 g/mol. The molecule has 5 nitrogen and oxygen atoms in total. The van der Waals surface area contributed by atoms with Crippen molar-refractivity contribution < 1.29 is 9.13 Å². The number of halogens is 1. The SMILES string of the molecule is O=c1c(-c2ccccc2)cc(-c2ccc(F)cc2)nn1CCN1CCOCC1. The van der Waals surface area contributed by atoms with Crippen molar-refractivity contribution in [2.75, 3.05) is 32.8 Å². The minimum Gasteiger partial charge on any atom is -0.379 e. The molecule has 6 heteroatoms. The molecule has 1 aromatic heterocycles. The first kappa shape index (κ1) is 18.5. The first-order chi connectivity index (χ1) is 13.7. The van der Waals surface area contributed by atoms with Crippen LogP contribution in [0.1, 0.15) is 0 Å². The summed E-state index contributed by atoms with van der Waals surface area (Å²) in [5, 5.41) is 4.57. The summed E-state index contributed by atoms with van der Waals surface area (Å²) in [6, 6.07) is 17.5. The van der Waals surface area contributed by atoms with Crippen molar-refractivity contribution in [3.63, 3.8) is 0 Å². The number of hydrogen-bond acceptors (Lipinski definition) is 4. The van der Waals surface area contributed by atoms with Gasteiger partial charge in [-0.15, -0.1) is 0 Å². The molecule has 0 aliphatic carbocycles. The van der Waals surface area contributed by atoms with Crippen LogP contribution in [-0.2, 0) is 11.3 Å². The zero-order valence-corrected chi connectivity index (χ0v) is 15.6. The van der Waals surface area contributed by atoms with E-state index >= 15 is 0 Å². The lowest BCUT2D eigenvalue weighted by molar-refractivity contribution is 0.0358. The molecule has 1 aliphatic heterocycles. The Balaban J connectivity index is 1.72. The van der Waals surface area contributed by atoms with Crippen molar-refractivity contribution >= 4 is 0 Å². The van der Waals surface area contributed by atoms with Crippen molar-refractivity contribution in [3.8, 4) is 22.4 Å². The Labute approximate surface area is 163 Å². The van der Waals surface area contributed by atoms with Gasteiger partial charge in [0, 0.05) is 25.2 Å². The molecule has 0 saturated carbocycles. The van der Waals surface area contributed by atoms with Gasteiger partial charge in [-0.05, 0) is 35.9 Å². The molecule has 0 spiro atoms. The molecule has 28 heavy (non-hydrogen) atoms. The standard InChI is InChI=1S/C22H22FN3O2/c23-19-8-6-18(7-9-19)21-16-20(17-4-2-1-3-5-17)22(27)26(24-21)11-10-25-12-14-28-15-13-25/h1-9,16H,10-15H2. The van der Waals surface area contributed by atoms with Crippen molar-refractivity contribution in [2.24, 2.45) is 0 Å². The summed E-state index contributed by atoms with van der Waals surface area (Å²) in [5.74, 6) is -0.298. The molecule has 0 bridgehead atoms. The highest BCUT2D eigenvalue weighted by Crippen LogP contribution is 2.22. The molecule has 1 fully saturated rings. The summed E-state index contributed by atoms with van der Waals surface area (Å²) in [6.45, 7) is 4.38. The Hall–Kier alpha value is -2.83. The molecule has 144 valence electrons. The van der Waals surface area contributed by atoms with Crippen LogP contribution in [0.2, 0.25) is 0 Å². The van der Waals surface area contributed by atoms with Crippen LogP contribution in [0.3, 0.4) is 0 Å². The van der Waals surface area contributed by atoms with Gasteiger partial charge in [0.2, 0.25) is 0 Å². The van der Waals surface area contributed by atoms with Gasteiger partial charge in [-0.3, -0.25) is 9.69 Å². The van der Waals surface area contributed by atoms with Crippen LogP contribution in [0.25, 0.3) is 22.4 Å². The van der Waals surface area contributed by atoms with Gasteiger partial charge in [-0.1, -0.05) is 30.3 Å². The second-order valence-corrected chi connectivity index (χ2v) is 6.80. The Morgan fingerprint density at radius 3 is 2.36 bits per heavy atom. The van der Waals surface area contributed by atoms with Crippen LogP contribution < -0.4 is 5.56 Å². The third kappa shape index (κ3) is 4.18. The molecule has 0 radical (unpaired) electrons. The van der Waals surface area contributed by atoms with Crippen molar-refractivity contribution in [1.29, 1.82) is 0 Å². The molecule has 4 rings (SSSR count). The summed E-state index contributed by atoms with van der Waals surface area (Å²) in [6.07, 6.45) is 0. The first-order valence-electron chi connectivity index (χ1n) is 9.44. The summed E-state index contributed by atoms with van der Waals surface area (Å²) in [7, 11) is 0. The zero-order valence-electron chi connectivity index (χ0n) is 15.6. The third-order valence-corrected chi connectivity index (χ3v) is 4.93. The van der Waals surface area contributed by atoms with Crippen LogP contribution in [0.4, 0.5) is 4.39 Å². The van der Waals surface area contributed by atoms with Crippen molar-refractivity contribution in [2.45, 2.75) is 6.54 Å². The van der Waals surface area contributed by atoms with E-state index in [1.54, 1.807) is 18.2 Å². The normalized spacial score (nSPS) is 14.9. The number of hydrogen-bond donors (Lipinski definition) is 0. The number of nitrogens with zero attached hydrogens (tertiary/aromatic N) is 3. The lowest BCUT2D eigenvalue weighted by Crippen LogP contribution is -2.39. The van der Waals surface area contributed by atoms with Gasteiger partial charge < -0.3 is 4.74 Å². The quantitative estimate of drug-likeness (QED) is 0.684. The molecular formula is C22H22FN3O2. The molecule has 2 aromatic carbocycles. The van der Waals surface area contributed by atoms with Crippen LogP contribution in [0, 0.1) is 5.82 Å². The highest BCUT2D eigenvalue weighted by molar-refractivity contribution is 5.69. The molecule has 3 aromatic rings. The van der Waals surface area contributed by atoms with Crippen LogP contribution >= 0.6 is 0 Å². The minimum absolute atomic E-state index is 0.120. The summed E-state index contributed by atoms with van der Waals surface area (Å²) >= 11 is 0. The third-order valence-electron chi connectivity index (χ3n) is 4.93. The van der Waals surface area contributed by atoms with Gasteiger partial charge >= 0.3 is 0 Å². The second kappa shape index (κ2) is 8.46. The largest absolute Gasteiger partial charge is 0.379 e. The number of rotatable bonds is 5. The van der Waals surface area contributed by atoms with E-state index in [4.69, 9.17) is 4.74 Å². The second-order valence-electron chi connectivity index (χ2n) is 6.80. The highest BCUT2D eigenvalue weighted by atomic mass is 19.1. The van der Waals surface area contributed by atoms with Crippen LogP contribution in [-0.4, -0.2) is 47.5 Å². The van der Waals surface area contributed by atoms with Gasteiger partial charge in [-0.2, -0.15) is 5.10 Å². The fourth-order valence-corrected chi connectivity index (χ4v) is 3.34. The molecular weight excluding hydrogens is 357 g/mol. The van der Waals surface area contributed by atoms with E-state index in [1.165, 1.54) is 16.8 Å². The van der Waals surface area contributed by atoms with E-state index in [1.807, 2.05) is 30.3 Å². The molecule has 2 heterocycles. The lowest BCUT2D eigenvalue weighted by Gasteiger charge is -2.26. The summed E-state index contributed by atoms with van der Waals surface area (Å²) in [4.78, 5) is 15.3. The van der Waals surface area contributed by atoms with E-state index in [-0.39, 0.29) is 11.4 Å². The van der Waals surface area contributed by atoms with Crippen molar-refractivity contribution in [3.05, 3.63) is 76.8 Å². The van der Waals surface area contributed by atoms with E-state index in [0.717, 1.165) is 30.8 Å². The molecule has 0 atom stereocenters. The number of benzene rings is 2. The van der Waals surface area contributed by atoms with E-state index < -0.39 is 0 Å². The first-order valence-corrected chi connectivity index (χ1v) is 9.44. The average molecular weight is 379 g/mol. The zero-order chi connectivity index (χ0) is 19.3. The fourth-order valence-electron chi connectivity index (χ4n) is 3.34. The van der Waals surface area contributed by atoms with Crippen LogP contribution in [0.15, 0.2) is 65.5 Å². The smallest absolute Gasteiger partial charge is 0.274 e. The van der Waals surface area contributed by atoms with E-state index in [0.29, 0.717) is 31.0 Å². The van der Waals surface area contributed by atoms with E-state index in [2.05, 4.69) is 10.00 Å². The number of aromatic nitrogens is 2. The maximum atomic E-state index is 13.3. The maximum absolute atomic E-state index is 13.3. The van der Waals surface area contributed by atoms with Gasteiger partial charge in [0.05, 0.1) is 31.0 Å². The molecule has 1 saturated heterocycles. The van der Waals surface area contributed by atoms with E-state index in [9.17, 15) is 9.18 Å². The Bertz CT molecular complexity index is 981. The predicted octanol–water partition coefficient (Wildman–Crippen LogP) is 3.05. The molecule has 0 N–H and O–H groups in total. The Kier molecular flexibility index (Phi) is 5.60. The topological polar surface area (TPSA) is 47.4 Å². The van der Waals surface area contributed by atoms with Gasteiger partial charge in [0.1, 0.15) is 5.82 Å². The van der Waals surface area contributed by atoms with Gasteiger partial charge in [0.25, 0.3) is 5.56 Å². The van der Waals surface area contributed by atoms with Crippen molar-refractivity contribution in [1.82, 2.24) is 14.7 Å². The Morgan fingerprint density at radius 2 is 1.64 bits per heavy atom. The van der Waals surface area contributed by atoms with Gasteiger partial charge in [-0.25, -0.2) is 9.07 Å².